The second-order valence-electron chi connectivity index (χ2n) is 3.04. The second kappa shape index (κ2) is 5.46. The molecule has 0 unspecified atom stereocenters. The zero-order valence-corrected chi connectivity index (χ0v) is 8.88. The Balaban J connectivity index is 2.59. The Bertz CT molecular complexity index is 423. The number of rotatable bonds is 4. The van der Waals surface area contributed by atoms with Crippen LogP contribution in [0.15, 0.2) is 18.2 Å². The first kappa shape index (κ1) is 12.4. The molecule has 0 spiro atoms. The van der Waals surface area contributed by atoms with E-state index in [1.807, 2.05) is 0 Å². The monoisotopic (exact) mass is 244 g/mol. The van der Waals surface area contributed by atoms with E-state index in [1.54, 1.807) is 0 Å². The third-order valence-electron chi connectivity index (χ3n) is 1.76. The van der Waals surface area contributed by atoms with Crippen LogP contribution in [-0.2, 0) is 9.59 Å². The summed E-state index contributed by atoms with van der Waals surface area (Å²) in [6.07, 6.45) is -0.661. The molecular weight excluding hydrogens is 237 g/mol. The summed E-state index contributed by atoms with van der Waals surface area (Å²) >= 11 is 5.52. The largest absolute Gasteiger partial charge is 0.550 e. The van der Waals surface area contributed by atoms with E-state index >= 15 is 0 Å². The van der Waals surface area contributed by atoms with Crippen molar-refractivity contribution in [2.75, 3.05) is 5.32 Å². The summed E-state index contributed by atoms with van der Waals surface area (Å²) in [4.78, 5) is 21.2. The zero-order valence-electron chi connectivity index (χ0n) is 8.13. The van der Waals surface area contributed by atoms with Crippen molar-refractivity contribution in [3.8, 4) is 0 Å². The van der Waals surface area contributed by atoms with Gasteiger partial charge in [0.15, 0.2) is 0 Å². The summed E-state index contributed by atoms with van der Waals surface area (Å²) in [5.74, 6) is -2.59. The van der Waals surface area contributed by atoms with Crippen molar-refractivity contribution >= 4 is 29.2 Å². The molecule has 0 aliphatic rings. The Hall–Kier alpha value is -1.62. The Morgan fingerprint density at radius 2 is 2.06 bits per heavy atom. The number of amides is 1. The van der Waals surface area contributed by atoms with Crippen molar-refractivity contribution in [2.24, 2.45) is 0 Å². The molecule has 0 bridgehead atoms. The normalized spacial score (nSPS) is 9.88. The van der Waals surface area contributed by atoms with Crippen LogP contribution >= 0.6 is 11.6 Å². The van der Waals surface area contributed by atoms with Gasteiger partial charge in [0.25, 0.3) is 0 Å². The molecule has 0 heterocycles. The molecule has 1 rings (SSSR count). The van der Waals surface area contributed by atoms with E-state index in [0.717, 1.165) is 6.07 Å². The lowest BCUT2D eigenvalue weighted by atomic mass is 10.2. The smallest absolute Gasteiger partial charge is 0.224 e. The average Bonchev–Trinajstić information content (AvgIpc) is 2.19. The van der Waals surface area contributed by atoms with E-state index in [1.165, 1.54) is 12.1 Å². The number of carbonyl (C=O) groups is 2. The first-order valence-electron chi connectivity index (χ1n) is 4.44. The minimum atomic E-state index is -1.33. The van der Waals surface area contributed by atoms with Crippen LogP contribution < -0.4 is 10.4 Å². The first-order valence-corrected chi connectivity index (χ1v) is 4.81. The molecule has 1 aromatic carbocycles. The highest BCUT2D eigenvalue weighted by Gasteiger charge is 2.07. The van der Waals surface area contributed by atoms with Gasteiger partial charge in [-0.05, 0) is 24.6 Å². The van der Waals surface area contributed by atoms with Gasteiger partial charge in [-0.3, -0.25) is 4.79 Å². The van der Waals surface area contributed by atoms with Gasteiger partial charge in [0.05, 0.1) is 5.69 Å². The Labute approximate surface area is 96.0 Å². The number of carboxylic acid groups (broad SMARTS) is 1. The lowest BCUT2D eigenvalue weighted by molar-refractivity contribution is -0.305. The van der Waals surface area contributed by atoms with Gasteiger partial charge in [0.1, 0.15) is 5.82 Å². The lowest BCUT2D eigenvalue weighted by Gasteiger charge is -2.06. The molecule has 86 valence electrons. The van der Waals surface area contributed by atoms with Crippen molar-refractivity contribution in [3.05, 3.63) is 29.0 Å². The van der Waals surface area contributed by atoms with E-state index in [-0.39, 0.29) is 17.1 Å². The molecule has 0 saturated carbocycles. The van der Waals surface area contributed by atoms with Crippen molar-refractivity contribution in [3.63, 3.8) is 0 Å². The maximum absolute atomic E-state index is 13.2. The molecule has 1 N–H and O–H groups in total. The number of aliphatic carboxylic acids is 1. The average molecular weight is 245 g/mol. The van der Waals surface area contributed by atoms with Crippen LogP contribution in [0.1, 0.15) is 12.8 Å². The minimum Gasteiger partial charge on any atom is -0.550 e. The van der Waals surface area contributed by atoms with Gasteiger partial charge in [-0.2, -0.15) is 0 Å². The SMILES string of the molecule is O=C([O-])CCC(=O)Nc1ccc(Cl)cc1F. The van der Waals surface area contributed by atoms with Gasteiger partial charge in [-0.1, -0.05) is 11.6 Å². The molecule has 1 aromatic rings. The third kappa shape index (κ3) is 3.86. The van der Waals surface area contributed by atoms with Crippen LogP contribution in [-0.4, -0.2) is 11.9 Å². The Kier molecular flexibility index (Phi) is 4.25. The lowest BCUT2D eigenvalue weighted by Crippen LogP contribution is -2.24. The summed E-state index contributed by atoms with van der Waals surface area (Å²) in [5.41, 5.74) is -0.0345. The van der Waals surface area contributed by atoms with Crippen LogP contribution in [0.5, 0.6) is 0 Å². The van der Waals surface area contributed by atoms with Crippen LogP contribution in [0.4, 0.5) is 10.1 Å². The summed E-state index contributed by atoms with van der Waals surface area (Å²) < 4.78 is 13.2. The van der Waals surface area contributed by atoms with Gasteiger partial charge in [-0.25, -0.2) is 4.39 Å². The molecule has 0 aromatic heterocycles. The number of hydrogen-bond donors (Lipinski definition) is 1. The van der Waals surface area contributed by atoms with Gasteiger partial charge in [0, 0.05) is 17.4 Å². The van der Waals surface area contributed by atoms with Crippen molar-refractivity contribution in [2.45, 2.75) is 12.8 Å². The molecule has 0 fully saturated rings. The van der Waals surface area contributed by atoms with Crippen LogP contribution in [0.3, 0.4) is 0 Å². The van der Waals surface area contributed by atoms with Crippen molar-refractivity contribution < 1.29 is 19.1 Å². The molecule has 4 nitrogen and oxygen atoms in total. The number of nitrogens with one attached hydrogen (secondary N) is 1. The van der Waals surface area contributed by atoms with Gasteiger partial charge in [0.2, 0.25) is 5.91 Å². The second-order valence-corrected chi connectivity index (χ2v) is 3.48. The molecule has 0 aliphatic heterocycles. The van der Waals surface area contributed by atoms with Crippen molar-refractivity contribution in [1.29, 1.82) is 0 Å². The van der Waals surface area contributed by atoms with E-state index in [0.29, 0.717) is 0 Å². The fraction of sp³-hybridized carbons (Fsp3) is 0.200. The molecule has 16 heavy (non-hydrogen) atoms. The number of benzene rings is 1. The summed E-state index contributed by atoms with van der Waals surface area (Å²) in [5, 5.41) is 12.5. The van der Waals surface area contributed by atoms with Crippen LogP contribution in [0.25, 0.3) is 0 Å². The first-order chi connectivity index (χ1) is 7.49. The number of halogens is 2. The molecular formula is C10H8ClFNO3-. The van der Waals surface area contributed by atoms with Gasteiger partial charge >= 0.3 is 0 Å². The number of hydrogen-bond acceptors (Lipinski definition) is 3. The quantitative estimate of drug-likeness (QED) is 0.857. The van der Waals surface area contributed by atoms with Gasteiger partial charge < -0.3 is 15.2 Å². The van der Waals surface area contributed by atoms with E-state index in [4.69, 9.17) is 11.6 Å². The summed E-state index contributed by atoms with van der Waals surface area (Å²) in [6.45, 7) is 0. The van der Waals surface area contributed by atoms with E-state index in [9.17, 15) is 19.1 Å². The van der Waals surface area contributed by atoms with Crippen molar-refractivity contribution in [1.82, 2.24) is 0 Å². The molecule has 0 atom stereocenters. The topological polar surface area (TPSA) is 69.2 Å². The molecule has 6 heteroatoms. The van der Waals surface area contributed by atoms with Crippen LogP contribution in [0.2, 0.25) is 5.02 Å². The Morgan fingerprint density at radius 3 is 2.62 bits per heavy atom. The zero-order chi connectivity index (χ0) is 12.1. The molecule has 0 radical (unpaired) electrons. The standard InChI is InChI=1S/C10H9ClFNO3/c11-6-1-2-8(7(12)5-6)13-9(14)3-4-10(15)16/h1-2,5H,3-4H2,(H,13,14)(H,15,16)/p-1. The highest BCUT2D eigenvalue weighted by molar-refractivity contribution is 6.30. The van der Waals surface area contributed by atoms with Crippen LogP contribution in [0, 0.1) is 5.82 Å². The molecule has 0 saturated heterocycles. The highest BCUT2D eigenvalue weighted by atomic mass is 35.5. The number of carbonyl (C=O) groups excluding carboxylic acids is 2. The maximum Gasteiger partial charge on any atom is 0.224 e. The number of carboxylic acids is 1. The summed E-state index contributed by atoms with van der Waals surface area (Å²) in [6, 6.07) is 3.77. The fourth-order valence-electron chi connectivity index (χ4n) is 1.02. The molecule has 0 aliphatic carbocycles. The Morgan fingerprint density at radius 1 is 1.38 bits per heavy atom. The van der Waals surface area contributed by atoms with E-state index < -0.39 is 24.1 Å². The van der Waals surface area contributed by atoms with E-state index in [2.05, 4.69) is 5.32 Å². The maximum atomic E-state index is 13.2. The molecule has 1 amide bonds. The third-order valence-corrected chi connectivity index (χ3v) is 2.00. The number of anilines is 1. The minimum absolute atomic E-state index is 0.0345. The highest BCUT2D eigenvalue weighted by Crippen LogP contribution is 2.18. The predicted molar refractivity (Wildman–Crippen MR) is 54.3 cm³/mol. The fourth-order valence-corrected chi connectivity index (χ4v) is 1.18. The predicted octanol–water partition coefficient (Wildman–Crippen LogP) is 0.948. The van der Waals surface area contributed by atoms with Gasteiger partial charge in [-0.15, -0.1) is 0 Å². The summed E-state index contributed by atoms with van der Waals surface area (Å²) in [7, 11) is 0.